The minimum Gasteiger partial charge on any atom is -0.497 e. The quantitative estimate of drug-likeness (QED) is 0.541. The summed E-state index contributed by atoms with van der Waals surface area (Å²) in [6, 6.07) is 9.25. The van der Waals surface area contributed by atoms with E-state index < -0.39 is 5.60 Å². The molecule has 1 saturated heterocycles. The van der Waals surface area contributed by atoms with E-state index in [1.807, 2.05) is 40.8 Å². The molecule has 0 saturated carbocycles. The molecule has 11 heteroatoms. The number of aryl methyl sites for hydroxylation is 1. The Hall–Kier alpha value is -3.73. The molecule has 0 bridgehead atoms. The highest BCUT2D eigenvalue weighted by Crippen LogP contribution is 2.33. The highest BCUT2D eigenvalue weighted by Gasteiger charge is 2.44. The average molecular weight is 480 g/mol. The molecule has 0 radical (unpaired) electrons. The number of ether oxygens (including phenoxy) is 2. The second-order valence-corrected chi connectivity index (χ2v) is 8.92. The third-order valence-corrected chi connectivity index (χ3v) is 6.72. The summed E-state index contributed by atoms with van der Waals surface area (Å²) in [5, 5.41) is 15.6. The number of hydrogen-bond donors (Lipinski definition) is 1. The lowest BCUT2D eigenvalue weighted by molar-refractivity contribution is -0.132. The summed E-state index contributed by atoms with van der Waals surface area (Å²) in [5.74, 6) is 0.642. The molecule has 1 unspecified atom stereocenters. The summed E-state index contributed by atoms with van der Waals surface area (Å²) in [5.41, 5.74) is 2.52. The first-order chi connectivity index (χ1) is 17.0. The van der Waals surface area contributed by atoms with Gasteiger partial charge in [0.2, 0.25) is 5.91 Å². The van der Waals surface area contributed by atoms with E-state index in [1.165, 1.54) is 0 Å². The van der Waals surface area contributed by atoms with Gasteiger partial charge in [-0.15, -0.1) is 5.10 Å². The fourth-order valence-electron chi connectivity index (χ4n) is 4.70. The van der Waals surface area contributed by atoms with E-state index in [9.17, 15) is 9.59 Å². The molecule has 3 aromatic rings. The Bertz CT molecular complexity index is 1220. The van der Waals surface area contributed by atoms with Crippen molar-refractivity contribution < 1.29 is 19.1 Å². The van der Waals surface area contributed by atoms with Crippen LogP contribution < -0.4 is 10.1 Å². The van der Waals surface area contributed by atoms with Crippen LogP contribution in [0.2, 0.25) is 0 Å². The largest absolute Gasteiger partial charge is 0.497 e. The van der Waals surface area contributed by atoms with Crippen LogP contribution in [0.15, 0.2) is 36.5 Å². The maximum Gasteiger partial charge on any atom is 0.269 e. The zero-order valence-electron chi connectivity index (χ0n) is 19.9. The van der Waals surface area contributed by atoms with E-state index in [1.54, 1.807) is 24.1 Å². The summed E-state index contributed by atoms with van der Waals surface area (Å²) in [6.07, 6.45) is 2.70. The van der Waals surface area contributed by atoms with Crippen molar-refractivity contribution in [2.45, 2.75) is 51.6 Å². The first-order valence-electron chi connectivity index (χ1n) is 11.8. The van der Waals surface area contributed by atoms with Crippen molar-refractivity contribution in [1.82, 2.24) is 35.0 Å². The van der Waals surface area contributed by atoms with Gasteiger partial charge in [-0.1, -0.05) is 17.3 Å². The molecule has 1 spiro atoms. The predicted molar refractivity (Wildman–Crippen MR) is 125 cm³/mol. The average Bonchev–Trinajstić information content (AvgIpc) is 3.62. The van der Waals surface area contributed by atoms with Gasteiger partial charge in [0.25, 0.3) is 5.91 Å². The molecule has 5 rings (SSSR count). The van der Waals surface area contributed by atoms with Crippen LogP contribution in [0.1, 0.15) is 40.8 Å². The van der Waals surface area contributed by atoms with Crippen LogP contribution in [0, 0.1) is 0 Å². The van der Waals surface area contributed by atoms with E-state index in [-0.39, 0.29) is 18.4 Å². The van der Waals surface area contributed by atoms with Crippen LogP contribution in [-0.2, 0) is 42.2 Å². The number of rotatable bonds is 7. The first kappa shape index (κ1) is 23.0. The normalized spacial score (nSPS) is 19.1. The van der Waals surface area contributed by atoms with E-state index in [0.717, 1.165) is 23.4 Å². The van der Waals surface area contributed by atoms with Crippen molar-refractivity contribution in [3.63, 3.8) is 0 Å². The fraction of sp³-hybridized carbons (Fsp3) is 0.458. The van der Waals surface area contributed by atoms with Crippen molar-refractivity contribution in [1.29, 1.82) is 0 Å². The molecule has 35 heavy (non-hydrogen) atoms. The molecular formula is C24H29N7O4. The zero-order valence-corrected chi connectivity index (χ0v) is 19.9. The van der Waals surface area contributed by atoms with Gasteiger partial charge in [0, 0.05) is 19.3 Å². The number of fused-ring (bicyclic) bond motifs is 1. The number of nitrogens with one attached hydrogen (secondary N) is 1. The number of aromatic nitrogens is 5. The standard InChI is InChI=1S/C24H29N7O4/c1-3-30-20(8-10-26-30)23(33)25-13-19-21-14-35-24(16-31(21)28-27-19)9-11-29(15-24)22(32)12-17-4-6-18(34-2)7-5-17/h4-8,10H,3,9,11-16H2,1-2H3,(H,25,33). The van der Waals surface area contributed by atoms with Crippen molar-refractivity contribution in [3.05, 3.63) is 59.2 Å². The number of hydrogen-bond acceptors (Lipinski definition) is 7. The van der Waals surface area contributed by atoms with Crippen LogP contribution in [0.5, 0.6) is 5.75 Å². The number of benzene rings is 1. The van der Waals surface area contributed by atoms with Crippen LogP contribution in [0.25, 0.3) is 0 Å². The molecule has 2 aromatic heterocycles. The topological polar surface area (TPSA) is 116 Å². The predicted octanol–water partition coefficient (Wildman–Crippen LogP) is 1.18. The molecule has 2 amide bonds. The maximum atomic E-state index is 12.9. The number of carbonyl (C=O) groups excluding carboxylic acids is 2. The van der Waals surface area contributed by atoms with Gasteiger partial charge in [-0.2, -0.15) is 5.10 Å². The van der Waals surface area contributed by atoms with Crippen LogP contribution in [-0.4, -0.2) is 67.3 Å². The minimum atomic E-state index is -0.468. The highest BCUT2D eigenvalue weighted by molar-refractivity contribution is 5.92. The Morgan fingerprint density at radius 2 is 2.03 bits per heavy atom. The van der Waals surface area contributed by atoms with Crippen LogP contribution >= 0.6 is 0 Å². The molecule has 2 aliphatic rings. The Labute approximate surface area is 203 Å². The van der Waals surface area contributed by atoms with E-state index in [4.69, 9.17) is 9.47 Å². The second kappa shape index (κ2) is 9.49. The summed E-state index contributed by atoms with van der Waals surface area (Å²) < 4.78 is 15.0. The van der Waals surface area contributed by atoms with E-state index in [2.05, 4.69) is 20.7 Å². The summed E-state index contributed by atoms with van der Waals surface area (Å²) >= 11 is 0. The van der Waals surface area contributed by atoms with E-state index >= 15 is 0 Å². The Morgan fingerprint density at radius 1 is 1.20 bits per heavy atom. The Balaban J connectivity index is 1.18. The number of methoxy groups -OCH3 is 1. The number of amides is 2. The van der Waals surface area contributed by atoms with Crippen molar-refractivity contribution in [2.24, 2.45) is 0 Å². The van der Waals surface area contributed by atoms with E-state index in [0.29, 0.717) is 50.6 Å². The van der Waals surface area contributed by atoms with Gasteiger partial charge < -0.3 is 19.7 Å². The molecule has 0 aliphatic carbocycles. The molecule has 1 N–H and O–H groups in total. The molecule has 11 nitrogen and oxygen atoms in total. The first-order valence-corrected chi connectivity index (χ1v) is 11.8. The number of carbonyl (C=O) groups is 2. The van der Waals surface area contributed by atoms with Gasteiger partial charge in [0.05, 0.1) is 45.5 Å². The molecular weight excluding hydrogens is 450 g/mol. The van der Waals surface area contributed by atoms with Crippen molar-refractivity contribution in [2.75, 3.05) is 20.2 Å². The van der Waals surface area contributed by atoms with Crippen LogP contribution in [0.3, 0.4) is 0 Å². The number of likely N-dealkylation sites (tertiary alicyclic amines) is 1. The fourth-order valence-corrected chi connectivity index (χ4v) is 4.70. The Kier molecular flexibility index (Phi) is 6.25. The third kappa shape index (κ3) is 4.63. The van der Waals surface area contributed by atoms with Gasteiger partial charge >= 0.3 is 0 Å². The lowest BCUT2D eigenvalue weighted by atomic mass is 10.0. The lowest BCUT2D eigenvalue weighted by Crippen LogP contribution is -2.45. The molecule has 1 aromatic carbocycles. The molecule has 1 atom stereocenters. The third-order valence-electron chi connectivity index (χ3n) is 6.72. The van der Waals surface area contributed by atoms with Gasteiger partial charge in [-0.05, 0) is 37.1 Å². The molecule has 2 aliphatic heterocycles. The summed E-state index contributed by atoms with van der Waals surface area (Å²) in [4.78, 5) is 27.3. The summed E-state index contributed by atoms with van der Waals surface area (Å²) in [6.45, 7) is 4.84. The molecule has 1 fully saturated rings. The summed E-state index contributed by atoms with van der Waals surface area (Å²) in [7, 11) is 1.62. The van der Waals surface area contributed by atoms with Crippen LogP contribution in [0.4, 0.5) is 0 Å². The SMILES string of the molecule is CCn1nccc1C(=O)NCc1nnn2c1COC1(CCN(C(=O)Cc3ccc(OC)cc3)C1)C2. The lowest BCUT2D eigenvalue weighted by Gasteiger charge is -2.34. The minimum absolute atomic E-state index is 0.0785. The second-order valence-electron chi connectivity index (χ2n) is 8.92. The molecule has 184 valence electrons. The zero-order chi connectivity index (χ0) is 24.4. The maximum absolute atomic E-state index is 12.9. The van der Waals surface area contributed by atoms with Crippen molar-refractivity contribution >= 4 is 11.8 Å². The monoisotopic (exact) mass is 479 g/mol. The van der Waals surface area contributed by atoms with Gasteiger partial charge in [-0.25, -0.2) is 4.68 Å². The van der Waals surface area contributed by atoms with Crippen molar-refractivity contribution in [3.8, 4) is 5.75 Å². The Morgan fingerprint density at radius 3 is 2.80 bits per heavy atom. The highest BCUT2D eigenvalue weighted by atomic mass is 16.5. The smallest absolute Gasteiger partial charge is 0.269 e. The number of nitrogens with zero attached hydrogens (tertiary/aromatic N) is 6. The van der Waals surface area contributed by atoms with Gasteiger partial charge in [0.1, 0.15) is 22.7 Å². The molecule has 4 heterocycles. The van der Waals surface area contributed by atoms with Gasteiger partial charge in [-0.3, -0.25) is 14.3 Å². The van der Waals surface area contributed by atoms with Gasteiger partial charge in [0.15, 0.2) is 0 Å².